The number of ether oxygens (including phenoxy) is 1. The van der Waals surface area contributed by atoms with Crippen LogP contribution in [0.15, 0.2) is 83.9 Å². The number of anilines is 1. The maximum atomic E-state index is 5.65. The highest BCUT2D eigenvalue weighted by atomic mass is 16.5. The van der Waals surface area contributed by atoms with E-state index in [0.29, 0.717) is 17.9 Å². The van der Waals surface area contributed by atoms with Crippen LogP contribution in [0.5, 0.6) is 5.75 Å². The van der Waals surface area contributed by atoms with E-state index in [-0.39, 0.29) is 0 Å². The number of benzene rings is 3. The summed E-state index contributed by atoms with van der Waals surface area (Å²) in [6, 6.07) is 23.9. The average Bonchev–Trinajstić information content (AvgIpc) is 3.32. The lowest BCUT2D eigenvalue weighted by atomic mass is 9.76. The Hall–Kier alpha value is -3.33. The van der Waals surface area contributed by atoms with Crippen LogP contribution in [-0.4, -0.2) is 12.8 Å². The highest BCUT2D eigenvalue weighted by molar-refractivity contribution is 5.82. The van der Waals surface area contributed by atoms with E-state index in [1.54, 1.807) is 0 Å². The molecule has 1 aliphatic heterocycles. The lowest BCUT2D eigenvalue weighted by Gasteiger charge is -2.37. The first-order chi connectivity index (χ1) is 15.7. The Morgan fingerprint density at radius 3 is 2.62 bits per heavy atom. The number of fused-ring (bicyclic) bond motifs is 3. The third kappa shape index (κ3) is 4.20. The molecule has 3 atom stereocenters. The van der Waals surface area contributed by atoms with E-state index in [9.17, 15) is 0 Å². The van der Waals surface area contributed by atoms with Crippen LogP contribution in [0, 0.1) is 12.8 Å². The zero-order valence-electron chi connectivity index (χ0n) is 18.8. The summed E-state index contributed by atoms with van der Waals surface area (Å²) in [5.74, 6) is 1.97. The maximum absolute atomic E-state index is 5.65. The second kappa shape index (κ2) is 9.04. The van der Waals surface area contributed by atoms with E-state index >= 15 is 0 Å². The molecular formula is C29H30N2O. The first-order valence-corrected chi connectivity index (χ1v) is 11.6. The lowest BCUT2D eigenvalue weighted by molar-refractivity contribution is 0.317. The van der Waals surface area contributed by atoms with E-state index in [2.05, 4.69) is 78.8 Å². The van der Waals surface area contributed by atoms with Gasteiger partial charge < -0.3 is 10.1 Å². The van der Waals surface area contributed by atoms with Gasteiger partial charge in [-0.05, 0) is 84.8 Å². The average molecular weight is 423 g/mol. The van der Waals surface area contributed by atoms with Crippen molar-refractivity contribution >= 4 is 17.6 Å². The summed E-state index contributed by atoms with van der Waals surface area (Å²) in [6.07, 6.45) is 8.78. The van der Waals surface area contributed by atoms with Gasteiger partial charge in [0.25, 0.3) is 0 Å². The Balaban J connectivity index is 1.30. The molecule has 5 rings (SSSR count). The Kier molecular flexibility index (Phi) is 5.81. The molecule has 3 heteroatoms. The smallest absolute Gasteiger partial charge is 0.119 e. The number of hydrogen-bond donors (Lipinski definition) is 1. The summed E-state index contributed by atoms with van der Waals surface area (Å²) in [7, 11) is 0. The molecule has 0 radical (unpaired) electrons. The second-order valence-electron chi connectivity index (χ2n) is 8.83. The molecule has 1 N–H and O–H groups in total. The highest BCUT2D eigenvalue weighted by Crippen LogP contribution is 2.50. The molecular weight excluding hydrogens is 392 g/mol. The van der Waals surface area contributed by atoms with Crippen molar-refractivity contribution in [1.82, 2.24) is 0 Å². The number of hydrogen-bond acceptors (Lipinski definition) is 3. The minimum atomic E-state index is 0.318. The topological polar surface area (TPSA) is 33.6 Å². The molecule has 3 aromatic rings. The highest BCUT2D eigenvalue weighted by Gasteiger charge is 2.37. The molecule has 0 fully saturated rings. The molecule has 162 valence electrons. The van der Waals surface area contributed by atoms with Crippen molar-refractivity contribution in [3.05, 3.63) is 101 Å². The van der Waals surface area contributed by atoms with E-state index in [0.717, 1.165) is 36.4 Å². The fourth-order valence-electron chi connectivity index (χ4n) is 4.83. The SMILES string of the molecule is CCCOc1ccc(C=Nc2ccc([C@@H]3Nc4ccc(C)cc4[C@@H]4C=CC[C@H]43)cc2)cc1. The van der Waals surface area contributed by atoms with Crippen molar-refractivity contribution in [2.24, 2.45) is 10.9 Å². The van der Waals surface area contributed by atoms with Gasteiger partial charge in [-0.15, -0.1) is 0 Å². The molecule has 0 aromatic heterocycles. The van der Waals surface area contributed by atoms with Crippen LogP contribution in [0.1, 0.15) is 54.0 Å². The molecule has 32 heavy (non-hydrogen) atoms. The van der Waals surface area contributed by atoms with Crippen molar-refractivity contribution < 1.29 is 4.74 Å². The van der Waals surface area contributed by atoms with Crippen LogP contribution in [-0.2, 0) is 0 Å². The standard InChI is InChI=1S/C29H30N2O/c1-3-17-32-24-14-8-21(9-15-24)19-30-23-12-10-22(11-13-23)29-26-6-4-5-25(26)27-18-20(2)7-16-28(27)31-29/h4-5,7-16,18-19,25-26,29,31H,3,6,17H2,1-2H3/t25-,26-,29+/m1/s1. The van der Waals surface area contributed by atoms with Gasteiger partial charge in [-0.25, -0.2) is 0 Å². The predicted molar refractivity (Wildman–Crippen MR) is 133 cm³/mol. The van der Waals surface area contributed by atoms with Gasteiger partial charge >= 0.3 is 0 Å². The molecule has 1 heterocycles. The summed E-state index contributed by atoms with van der Waals surface area (Å²) in [5.41, 5.74) is 7.39. The van der Waals surface area contributed by atoms with Crippen molar-refractivity contribution in [3.8, 4) is 5.75 Å². The van der Waals surface area contributed by atoms with Gasteiger partial charge in [-0.2, -0.15) is 0 Å². The number of nitrogens with one attached hydrogen (secondary N) is 1. The fourth-order valence-corrected chi connectivity index (χ4v) is 4.83. The molecule has 0 spiro atoms. The van der Waals surface area contributed by atoms with Crippen molar-refractivity contribution in [2.75, 3.05) is 11.9 Å². The van der Waals surface area contributed by atoms with E-state index in [1.165, 1.54) is 22.4 Å². The number of nitrogens with zero attached hydrogens (tertiary/aromatic N) is 1. The van der Waals surface area contributed by atoms with Crippen LogP contribution in [0.4, 0.5) is 11.4 Å². The molecule has 2 aliphatic rings. The third-order valence-electron chi connectivity index (χ3n) is 6.49. The van der Waals surface area contributed by atoms with E-state index < -0.39 is 0 Å². The van der Waals surface area contributed by atoms with Gasteiger partial charge in [0, 0.05) is 17.8 Å². The van der Waals surface area contributed by atoms with Gasteiger partial charge in [0.15, 0.2) is 0 Å². The predicted octanol–water partition coefficient (Wildman–Crippen LogP) is 7.36. The number of aryl methyl sites for hydroxylation is 1. The number of aliphatic imine (C=N–C) groups is 1. The van der Waals surface area contributed by atoms with Crippen LogP contribution in [0.25, 0.3) is 0 Å². The second-order valence-corrected chi connectivity index (χ2v) is 8.83. The van der Waals surface area contributed by atoms with Gasteiger partial charge in [0.1, 0.15) is 5.75 Å². The van der Waals surface area contributed by atoms with Crippen LogP contribution >= 0.6 is 0 Å². The molecule has 0 unspecified atom stereocenters. The Bertz CT molecular complexity index is 1130. The van der Waals surface area contributed by atoms with Gasteiger partial charge in [0.05, 0.1) is 18.3 Å². The summed E-state index contributed by atoms with van der Waals surface area (Å²) < 4.78 is 5.65. The van der Waals surface area contributed by atoms with Gasteiger partial charge in [0.2, 0.25) is 0 Å². The third-order valence-corrected chi connectivity index (χ3v) is 6.49. The van der Waals surface area contributed by atoms with Crippen molar-refractivity contribution in [2.45, 2.75) is 38.6 Å². The maximum Gasteiger partial charge on any atom is 0.119 e. The summed E-state index contributed by atoms with van der Waals surface area (Å²) in [5, 5.41) is 3.82. The lowest BCUT2D eigenvalue weighted by Crippen LogP contribution is -2.29. The van der Waals surface area contributed by atoms with Crippen LogP contribution in [0.2, 0.25) is 0 Å². The molecule has 0 amide bonds. The molecule has 3 aromatic carbocycles. The normalized spacial score (nSPS) is 21.2. The minimum Gasteiger partial charge on any atom is -0.494 e. The van der Waals surface area contributed by atoms with E-state index in [1.807, 2.05) is 30.5 Å². The van der Waals surface area contributed by atoms with Crippen molar-refractivity contribution in [3.63, 3.8) is 0 Å². The van der Waals surface area contributed by atoms with E-state index in [4.69, 9.17) is 4.74 Å². The Morgan fingerprint density at radius 2 is 1.84 bits per heavy atom. The molecule has 0 saturated carbocycles. The molecule has 1 aliphatic carbocycles. The molecule has 0 bridgehead atoms. The van der Waals surface area contributed by atoms with Crippen LogP contribution < -0.4 is 10.1 Å². The molecule has 0 saturated heterocycles. The molecule has 3 nitrogen and oxygen atoms in total. The van der Waals surface area contributed by atoms with Crippen molar-refractivity contribution in [1.29, 1.82) is 0 Å². The fraction of sp³-hybridized carbons (Fsp3) is 0.276. The zero-order valence-corrected chi connectivity index (χ0v) is 18.8. The van der Waals surface area contributed by atoms with Crippen LogP contribution in [0.3, 0.4) is 0 Å². The minimum absolute atomic E-state index is 0.318. The monoisotopic (exact) mass is 422 g/mol. The summed E-state index contributed by atoms with van der Waals surface area (Å²) in [4.78, 5) is 4.67. The first kappa shape index (κ1) is 20.6. The first-order valence-electron chi connectivity index (χ1n) is 11.6. The Labute approximate surface area is 190 Å². The summed E-state index contributed by atoms with van der Waals surface area (Å²) >= 11 is 0. The quantitative estimate of drug-likeness (QED) is 0.332. The number of allylic oxidation sites excluding steroid dienone is 2. The van der Waals surface area contributed by atoms with Gasteiger partial charge in [-0.1, -0.05) is 48.9 Å². The largest absolute Gasteiger partial charge is 0.494 e. The Morgan fingerprint density at radius 1 is 1.03 bits per heavy atom. The zero-order chi connectivity index (χ0) is 21.9. The van der Waals surface area contributed by atoms with Gasteiger partial charge in [-0.3, -0.25) is 4.99 Å². The number of rotatable bonds is 6. The summed E-state index contributed by atoms with van der Waals surface area (Å²) in [6.45, 7) is 5.03.